The summed E-state index contributed by atoms with van der Waals surface area (Å²) in [5, 5.41) is 10.7. The summed E-state index contributed by atoms with van der Waals surface area (Å²) in [6.07, 6.45) is 12.1. The zero-order valence-corrected chi connectivity index (χ0v) is 14.4. The molecule has 0 spiro atoms. The molecule has 0 saturated heterocycles. The van der Waals surface area contributed by atoms with Gasteiger partial charge in [-0.05, 0) is 68.8 Å². The second-order valence-electron chi connectivity index (χ2n) is 7.69. The lowest BCUT2D eigenvalue weighted by Gasteiger charge is -2.39. The van der Waals surface area contributed by atoms with Gasteiger partial charge in [0, 0.05) is 0 Å². The quantitative estimate of drug-likeness (QED) is 0.638. The number of aliphatic hydroxyl groups excluding tert-OH is 1. The smallest absolute Gasteiger partial charge is 0.0755 e. The summed E-state index contributed by atoms with van der Waals surface area (Å²) in [7, 11) is 0. The van der Waals surface area contributed by atoms with Crippen molar-refractivity contribution >= 4 is 0 Å². The summed E-state index contributed by atoms with van der Waals surface area (Å²) in [6.45, 7) is 11.4. The standard InChI is InChI=1S/C20H32O/c1-14(2)18-12-11-17-10-9-15(3)7-6-8-16(4)19(21)13-20(17,18)5/h8-9,11,14,18-19,21H,6-7,10,12-13H2,1-5H3/b15-9-,16-8-/t18-,19+,20+/m0/s1. The van der Waals surface area contributed by atoms with Crippen LogP contribution in [0.2, 0.25) is 0 Å². The predicted molar refractivity (Wildman–Crippen MR) is 91.1 cm³/mol. The minimum absolute atomic E-state index is 0.143. The molecule has 0 radical (unpaired) electrons. The monoisotopic (exact) mass is 288 g/mol. The van der Waals surface area contributed by atoms with Gasteiger partial charge in [0.1, 0.15) is 0 Å². The topological polar surface area (TPSA) is 20.2 Å². The van der Waals surface area contributed by atoms with Crippen molar-refractivity contribution in [3.05, 3.63) is 34.9 Å². The third-order valence-electron chi connectivity index (χ3n) is 5.79. The molecular formula is C20H32O. The van der Waals surface area contributed by atoms with Crippen LogP contribution in [-0.2, 0) is 0 Å². The fourth-order valence-corrected chi connectivity index (χ4v) is 4.22. The van der Waals surface area contributed by atoms with Gasteiger partial charge in [0.05, 0.1) is 6.10 Å². The minimum atomic E-state index is -0.295. The lowest BCUT2D eigenvalue weighted by molar-refractivity contribution is 0.101. The number of aliphatic hydroxyl groups is 1. The van der Waals surface area contributed by atoms with E-state index in [9.17, 15) is 5.11 Å². The van der Waals surface area contributed by atoms with Gasteiger partial charge in [-0.2, -0.15) is 0 Å². The SMILES string of the molecule is C/C1=C/CC2=CC[C@@H](C(C)C)[C@]2(C)C[C@@H](O)/C(C)=C\CC1. The van der Waals surface area contributed by atoms with Gasteiger partial charge in [-0.15, -0.1) is 0 Å². The van der Waals surface area contributed by atoms with E-state index in [4.69, 9.17) is 0 Å². The van der Waals surface area contributed by atoms with E-state index in [1.165, 1.54) is 12.0 Å². The van der Waals surface area contributed by atoms with Gasteiger partial charge in [-0.3, -0.25) is 0 Å². The number of hydrogen-bond acceptors (Lipinski definition) is 1. The summed E-state index contributed by atoms with van der Waals surface area (Å²) < 4.78 is 0. The molecule has 2 aliphatic carbocycles. The van der Waals surface area contributed by atoms with Crippen molar-refractivity contribution < 1.29 is 5.11 Å². The molecule has 0 heterocycles. The third-order valence-corrected chi connectivity index (χ3v) is 5.79. The summed E-state index contributed by atoms with van der Waals surface area (Å²) in [4.78, 5) is 0. The first-order chi connectivity index (χ1) is 9.84. The Balaban J connectivity index is 2.36. The first-order valence-corrected chi connectivity index (χ1v) is 8.54. The Morgan fingerprint density at radius 3 is 2.57 bits per heavy atom. The molecule has 0 unspecified atom stereocenters. The molecule has 0 aliphatic heterocycles. The largest absolute Gasteiger partial charge is 0.389 e. The van der Waals surface area contributed by atoms with E-state index in [0.717, 1.165) is 31.3 Å². The average molecular weight is 288 g/mol. The number of hydrogen-bond donors (Lipinski definition) is 1. The van der Waals surface area contributed by atoms with Crippen molar-refractivity contribution in [2.45, 2.75) is 72.8 Å². The van der Waals surface area contributed by atoms with Crippen molar-refractivity contribution in [2.24, 2.45) is 17.3 Å². The molecule has 1 heteroatoms. The molecule has 0 bridgehead atoms. The molecule has 3 atom stereocenters. The summed E-state index contributed by atoms with van der Waals surface area (Å²) >= 11 is 0. The van der Waals surface area contributed by atoms with Gasteiger partial charge in [0.25, 0.3) is 0 Å². The highest BCUT2D eigenvalue weighted by Gasteiger charge is 2.43. The molecule has 0 amide bonds. The zero-order valence-electron chi connectivity index (χ0n) is 14.4. The molecule has 0 saturated carbocycles. The van der Waals surface area contributed by atoms with E-state index in [-0.39, 0.29) is 11.5 Å². The van der Waals surface area contributed by atoms with Crippen molar-refractivity contribution in [3.8, 4) is 0 Å². The summed E-state index contributed by atoms with van der Waals surface area (Å²) in [6, 6.07) is 0. The van der Waals surface area contributed by atoms with Crippen LogP contribution in [-0.4, -0.2) is 11.2 Å². The molecule has 1 nitrogen and oxygen atoms in total. The van der Waals surface area contributed by atoms with Crippen LogP contribution >= 0.6 is 0 Å². The highest BCUT2D eigenvalue weighted by Crippen LogP contribution is 2.52. The van der Waals surface area contributed by atoms with Gasteiger partial charge in [0.2, 0.25) is 0 Å². The van der Waals surface area contributed by atoms with Gasteiger partial charge in [-0.1, -0.05) is 50.1 Å². The fourth-order valence-electron chi connectivity index (χ4n) is 4.22. The number of allylic oxidation sites excluding steroid dienone is 5. The van der Waals surface area contributed by atoms with Crippen molar-refractivity contribution in [3.63, 3.8) is 0 Å². The number of rotatable bonds is 1. The second kappa shape index (κ2) is 6.52. The van der Waals surface area contributed by atoms with E-state index in [1.54, 1.807) is 5.57 Å². The van der Waals surface area contributed by atoms with E-state index >= 15 is 0 Å². The third kappa shape index (κ3) is 3.51. The van der Waals surface area contributed by atoms with Crippen LogP contribution in [0.15, 0.2) is 34.9 Å². The second-order valence-corrected chi connectivity index (χ2v) is 7.69. The Hall–Kier alpha value is -0.820. The molecule has 1 N–H and O–H groups in total. The molecule has 0 aromatic heterocycles. The van der Waals surface area contributed by atoms with Crippen molar-refractivity contribution in [2.75, 3.05) is 0 Å². The van der Waals surface area contributed by atoms with Crippen LogP contribution < -0.4 is 0 Å². The Bertz CT molecular complexity index is 466. The van der Waals surface area contributed by atoms with Crippen molar-refractivity contribution in [1.29, 1.82) is 0 Å². The summed E-state index contributed by atoms with van der Waals surface area (Å²) in [5.74, 6) is 1.32. The van der Waals surface area contributed by atoms with E-state index in [1.807, 2.05) is 0 Å². The van der Waals surface area contributed by atoms with Crippen LogP contribution in [0.5, 0.6) is 0 Å². The highest BCUT2D eigenvalue weighted by atomic mass is 16.3. The predicted octanol–water partition coefficient (Wildman–Crippen LogP) is 5.42. The maximum Gasteiger partial charge on any atom is 0.0755 e. The molecule has 118 valence electrons. The average Bonchev–Trinajstić information content (AvgIpc) is 2.71. The van der Waals surface area contributed by atoms with Gasteiger partial charge in [-0.25, -0.2) is 0 Å². The van der Waals surface area contributed by atoms with Crippen LogP contribution in [0, 0.1) is 17.3 Å². The molecule has 21 heavy (non-hydrogen) atoms. The fraction of sp³-hybridized carbons (Fsp3) is 0.700. The van der Waals surface area contributed by atoms with E-state index in [0.29, 0.717) is 11.8 Å². The normalized spacial score (nSPS) is 39.7. The first-order valence-electron chi connectivity index (χ1n) is 8.54. The molecule has 0 aromatic carbocycles. The van der Waals surface area contributed by atoms with Gasteiger partial charge in [0.15, 0.2) is 0 Å². The van der Waals surface area contributed by atoms with Gasteiger partial charge >= 0.3 is 0 Å². The molecule has 0 aromatic rings. The number of fused-ring (bicyclic) bond motifs is 1. The van der Waals surface area contributed by atoms with E-state index < -0.39 is 0 Å². The Labute approximate surface area is 130 Å². The molecule has 2 aliphatic rings. The molecular weight excluding hydrogens is 256 g/mol. The maximum absolute atomic E-state index is 10.7. The summed E-state index contributed by atoms with van der Waals surface area (Å²) in [5.41, 5.74) is 4.32. The minimum Gasteiger partial charge on any atom is -0.389 e. The molecule has 2 rings (SSSR count). The van der Waals surface area contributed by atoms with Crippen LogP contribution in [0.1, 0.15) is 66.7 Å². The highest BCUT2D eigenvalue weighted by molar-refractivity contribution is 5.27. The van der Waals surface area contributed by atoms with Crippen LogP contribution in [0.25, 0.3) is 0 Å². The maximum atomic E-state index is 10.7. The lowest BCUT2D eigenvalue weighted by Crippen LogP contribution is -2.33. The zero-order chi connectivity index (χ0) is 15.6. The first kappa shape index (κ1) is 16.5. The Kier molecular flexibility index (Phi) is 5.14. The van der Waals surface area contributed by atoms with Crippen LogP contribution in [0.3, 0.4) is 0 Å². The van der Waals surface area contributed by atoms with Crippen molar-refractivity contribution in [1.82, 2.24) is 0 Å². The van der Waals surface area contributed by atoms with E-state index in [2.05, 4.69) is 52.8 Å². The van der Waals surface area contributed by atoms with Crippen LogP contribution in [0.4, 0.5) is 0 Å². The molecule has 0 fully saturated rings. The Morgan fingerprint density at radius 2 is 1.90 bits per heavy atom. The lowest BCUT2D eigenvalue weighted by atomic mass is 9.66. The van der Waals surface area contributed by atoms with Gasteiger partial charge < -0.3 is 5.11 Å². The Morgan fingerprint density at radius 1 is 1.19 bits per heavy atom.